The van der Waals surface area contributed by atoms with Gasteiger partial charge in [-0.1, -0.05) is 6.07 Å². The van der Waals surface area contributed by atoms with Gasteiger partial charge in [-0.3, -0.25) is 14.5 Å². The van der Waals surface area contributed by atoms with Crippen molar-refractivity contribution in [2.75, 3.05) is 14.2 Å². The highest BCUT2D eigenvalue weighted by Crippen LogP contribution is 2.35. The molecular weight excluding hydrogens is 410 g/mol. The molecule has 1 atom stereocenters. The zero-order valence-electron chi connectivity index (χ0n) is 16.8. The third kappa shape index (κ3) is 4.02. The van der Waals surface area contributed by atoms with Gasteiger partial charge in [0.2, 0.25) is 0 Å². The number of amides is 2. The van der Waals surface area contributed by atoms with Crippen molar-refractivity contribution in [3.63, 3.8) is 0 Å². The van der Waals surface area contributed by atoms with Gasteiger partial charge in [-0.2, -0.15) is 0 Å². The van der Waals surface area contributed by atoms with Crippen molar-refractivity contribution in [1.29, 1.82) is 0 Å². The fourth-order valence-electron chi connectivity index (χ4n) is 2.93. The first-order valence-corrected chi connectivity index (χ1v) is 9.72. The van der Waals surface area contributed by atoms with Crippen molar-refractivity contribution >= 4 is 40.9 Å². The Morgan fingerprint density at radius 3 is 2.53 bits per heavy atom. The van der Waals surface area contributed by atoms with E-state index in [0.29, 0.717) is 22.6 Å². The predicted molar refractivity (Wildman–Crippen MR) is 110 cm³/mol. The molecule has 0 spiro atoms. The second-order valence-corrected chi connectivity index (χ2v) is 7.47. The van der Waals surface area contributed by atoms with Gasteiger partial charge in [0.1, 0.15) is 17.6 Å². The summed E-state index contributed by atoms with van der Waals surface area (Å²) >= 11 is 0.720. The number of imide groups is 1. The van der Waals surface area contributed by atoms with Crippen molar-refractivity contribution in [3.8, 4) is 11.3 Å². The lowest BCUT2D eigenvalue weighted by molar-refractivity contribution is -0.148. The van der Waals surface area contributed by atoms with E-state index in [1.807, 2.05) is 6.92 Å². The Morgan fingerprint density at radius 2 is 1.87 bits per heavy atom. The van der Waals surface area contributed by atoms with Crippen LogP contribution in [0, 0.1) is 6.92 Å². The summed E-state index contributed by atoms with van der Waals surface area (Å²) in [6.07, 6.45) is 1.44. The van der Waals surface area contributed by atoms with Crippen LogP contribution in [0.2, 0.25) is 0 Å². The number of carbonyl (C=O) groups excluding carboxylic acids is 4. The summed E-state index contributed by atoms with van der Waals surface area (Å²) in [4.78, 5) is 49.3. The van der Waals surface area contributed by atoms with E-state index in [-0.39, 0.29) is 4.91 Å². The van der Waals surface area contributed by atoms with Crippen LogP contribution in [0.15, 0.2) is 39.7 Å². The number of thioether (sulfide) groups is 1. The number of ether oxygens (including phenoxy) is 2. The van der Waals surface area contributed by atoms with Crippen LogP contribution in [0.1, 0.15) is 28.6 Å². The minimum Gasteiger partial charge on any atom is -0.467 e. The van der Waals surface area contributed by atoms with Crippen LogP contribution in [0.25, 0.3) is 17.4 Å². The van der Waals surface area contributed by atoms with Gasteiger partial charge in [0.25, 0.3) is 11.1 Å². The summed E-state index contributed by atoms with van der Waals surface area (Å²) in [5.41, 5.74) is 1.97. The summed E-state index contributed by atoms with van der Waals surface area (Å²) in [7, 11) is 2.50. The Kier molecular flexibility index (Phi) is 6.12. The third-order valence-corrected chi connectivity index (χ3v) is 5.46. The number of furan rings is 1. The van der Waals surface area contributed by atoms with E-state index in [0.717, 1.165) is 22.2 Å². The number of hydrogen-bond acceptors (Lipinski definition) is 8. The molecule has 0 unspecified atom stereocenters. The Hall–Kier alpha value is -3.33. The Morgan fingerprint density at radius 1 is 1.13 bits per heavy atom. The van der Waals surface area contributed by atoms with E-state index in [9.17, 15) is 19.2 Å². The maximum atomic E-state index is 12.6. The second-order valence-electron chi connectivity index (χ2n) is 6.47. The summed E-state index contributed by atoms with van der Waals surface area (Å²) < 4.78 is 15.2. The molecule has 9 heteroatoms. The van der Waals surface area contributed by atoms with Gasteiger partial charge in [-0.05, 0) is 55.4 Å². The van der Waals surface area contributed by atoms with Gasteiger partial charge >= 0.3 is 11.9 Å². The molecule has 1 aromatic carbocycles. The van der Waals surface area contributed by atoms with Crippen LogP contribution in [0.5, 0.6) is 0 Å². The molecular formula is C21H19NO7S. The van der Waals surface area contributed by atoms with Crippen molar-refractivity contribution in [2.24, 2.45) is 0 Å². The van der Waals surface area contributed by atoms with Gasteiger partial charge < -0.3 is 13.9 Å². The number of benzene rings is 1. The zero-order valence-corrected chi connectivity index (χ0v) is 17.6. The number of hydrogen-bond donors (Lipinski definition) is 0. The number of methoxy groups -OCH3 is 2. The zero-order chi connectivity index (χ0) is 22.0. The van der Waals surface area contributed by atoms with E-state index in [1.165, 1.54) is 27.2 Å². The van der Waals surface area contributed by atoms with Crippen molar-refractivity contribution in [1.82, 2.24) is 4.90 Å². The summed E-state index contributed by atoms with van der Waals surface area (Å²) in [6.45, 7) is 3.30. The van der Waals surface area contributed by atoms with E-state index in [1.54, 1.807) is 30.3 Å². The Labute approximate surface area is 176 Å². The molecule has 1 aromatic heterocycles. The fraction of sp³-hybridized carbons (Fsp3) is 0.238. The molecule has 1 fully saturated rings. The molecule has 1 aliphatic heterocycles. The molecule has 0 radical (unpaired) electrons. The summed E-state index contributed by atoms with van der Waals surface area (Å²) in [5, 5.41) is -0.558. The molecule has 1 saturated heterocycles. The van der Waals surface area contributed by atoms with Gasteiger partial charge in [-0.25, -0.2) is 9.59 Å². The van der Waals surface area contributed by atoms with Crippen molar-refractivity contribution < 1.29 is 33.1 Å². The van der Waals surface area contributed by atoms with Gasteiger partial charge in [0.05, 0.1) is 24.7 Å². The molecule has 2 aromatic rings. The van der Waals surface area contributed by atoms with Gasteiger partial charge in [-0.15, -0.1) is 0 Å². The number of nitrogens with zero attached hydrogens (tertiary/aromatic N) is 1. The average molecular weight is 429 g/mol. The fourth-order valence-corrected chi connectivity index (χ4v) is 3.81. The Bertz CT molecular complexity index is 1070. The van der Waals surface area contributed by atoms with Crippen LogP contribution >= 0.6 is 11.8 Å². The van der Waals surface area contributed by atoms with E-state index in [4.69, 9.17) is 9.15 Å². The number of carbonyl (C=O) groups is 4. The van der Waals surface area contributed by atoms with Crippen LogP contribution < -0.4 is 0 Å². The van der Waals surface area contributed by atoms with Gasteiger partial charge in [0.15, 0.2) is 0 Å². The molecule has 8 nitrogen and oxygen atoms in total. The molecule has 0 N–H and O–H groups in total. The monoisotopic (exact) mass is 429 g/mol. The molecule has 0 bridgehead atoms. The van der Waals surface area contributed by atoms with Crippen LogP contribution in [0.4, 0.5) is 4.79 Å². The third-order valence-electron chi connectivity index (χ3n) is 4.58. The molecule has 2 heterocycles. The maximum Gasteiger partial charge on any atom is 0.337 e. The summed E-state index contributed by atoms with van der Waals surface area (Å²) in [6, 6.07) is 7.43. The SMILES string of the molecule is COC(=O)c1ccc(C)c(-c2ccc(/C=C3/SC(=O)N([C@@H](C)C(=O)OC)C3=O)o2)c1. The van der Waals surface area contributed by atoms with E-state index >= 15 is 0 Å². The van der Waals surface area contributed by atoms with E-state index in [2.05, 4.69) is 4.74 Å². The molecule has 156 valence electrons. The smallest absolute Gasteiger partial charge is 0.337 e. The highest BCUT2D eigenvalue weighted by molar-refractivity contribution is 8.18. The van der Waals surface area contributed by atoms with Crippen LogP contribution in [-0.4, -0.2) is 48.2 Å². The van der Waals surface area contributed by atoms with Crippen LogP contribution in [0.3, 0.4) is 0 Å². The first-order valence-electron chi connectivity index (χ1n) is 8.91. The normalized spacial score (nSPS) is 16.1. The second kappa shape index (κ2) is 8.58. The lowest BCUT2D eigenvalue weighted by Crippen LogP contribution is -2.42. The van der Waals surface area contributed by atoms with Crippen molar-refractivity contribution in [2.45, 2.75) is 19.9 Å². The first kappa shape index (κ1) is 21.4. The first-order chi connectivity index (χ1) is 14.3. The molecule has 3 rings (SSSR count). The lowest BCUT2D eigenvalue weighted by Gasteiger charge is -2.18. The quantitative estimate of drug-likeness (QED) is 0.524. The van der Waals surface area contributed by atoms with Gasteiger partial charge in [0, 0.05) is 11.6 Å². The van der Waals surface area contributed by atoms with E-state index < -0.39 is 29.1 Å². The highest BCUT2D eigenvalue weighted by Gasteiger charge is 2.41. The number of esters is 2. The minimum absolute atomic E-state index is 0.136. The lowest BCUT2D eigenvalue weighted by atomic mass is 10.0. The average Bonchev–Trinajstić information content (AvgIpc) is 3.31. The standard InChI is InChI=1S/C21H19NO7S/c1-11-5-6-13(20(25)28-4)9-15(11)16-8-7-14(29-16)10-17-18(23)22(21(26)30-17)12(2)19(24)27-3/h5-10,12H,1-4H3/b17-10+/t12-/m0/s1. The predicted octanol–water partition coefficient (Wildman–Crippen LogP) is 3.64. The Balaban J connectivity index is 1.88. The van der Waals surface area contributed by atoms with Crippen molar-refractivity contribution in [3.05, 3.63) is 52.1 Å². The van der Waals surface area contributed by atoms with Crippen LogP contribution in [-0.2, 0) is 19.1 Å². The topological polar surface area (TPSA) is 103 Å². The number of rotatable bonds is 5. The molecule has 0 aliphatic carbocycles. The minimum atomic E-state index is -1.02. The molecule has 30 heavy (non-hydrogen) atoms. The molecule has 1 aliphatic rings. The maximum absolute atomic E-state index is 12.6. The number of aryl methyl sites for hydroxylation is 1. The summed E-state index contributed by atoms with van der Waals surface area (Å²) in [5.74, 6) is -0.892. The highest BCUT2D eigenvalue weighted by atomic mass is 32.2. The molecule has 0 saturated carbocycles. The molecule has 2 amide bonds. The largest absolute Gasteiger partial charge is 0.467 e.